The van der Waals surface area contributed by atoms with Crippen LogP contribution in [0.1, 0.15) is 47.6 Å². The van der Waals surface area contributed by atoms with Gasteiger partial charge in [0.15, 0.2) is 12.4 Å². The Hall–Kier alpha value is -3.17. The Morgan fingerprint density at radius 2 is 1.87 bits per heavy atom. The molecule has 10 heteroatoms. The number of hydrogen-bond donors (Lipinski definition) is 1. The molecule has 2 rings (SSSR count). The number of aromatic nitrogens is 2. The minimum Gasteiger partial charge on any atom is -0.488 e. The fourth-order valence-corrected chi connectivity index (χ4v) is 2.66. The van der Waals surface area contributed by atoms with Crippen LogP contribution < -0.4 is 14.8 Å². The maximum absolute atomic E-state index is 12.5. The first-order valence-corrected chi connectivity index (χ1v) is 9.70. The number of nitrogens with zero attached hydrogens (tertiary/aromatic N) is 2. The topological polar surface area (TPSA) is 90.4 Å². The SMILES string of the molecule is CCOc1cc(CNC(=O)c2cc(C)nc(CC(=O)CC)c2)cnc1OCC(F)(F)F. The maximum Gasteiger partial charge on any atom is 0.422 e. The van der Waals surface area contributed by atoms with Crippen molar-refractivity contribution in [3.63, 3.8) is 0 Å². The highest BCUT2D eigenvalue weighted by Gasteiger charge is 2.29. The summed E-state index contributed by atoms with van der Waals surface area (Å²) >= 11 is 0. The van der Waals surface area contributed by atoms with E-state index in [-0.39, 0.29) is 42.9 Å². The third-order valence-corrected chi connectivity index (χ3v) is 4.04. The zero-order valence-electron chi connectivity index (χ0n) is 17.5. The van der Waals surface area contributed by atoms with E-state index in [0.29, 0.717) is 28.9 Å². The van der Waals surface area contributed by atoms with Crippen molar-refractivity contribution in [3.05, 3.63) is 46.9 Å². The molecule has 2 heterocycles. The van der Waals surface area contributed by atoms with Crippen molar-refractivity contribution in [3.8, 4) is 11.6 Å². The van der Waals surface area contributed by atoms with Crippen molar-refractivity contribution in [2.24, 2.45) is 0 Å². The number of carbonyl (C=O) groups is 2. The molecule has 0 aliphatic carbocycles. The molecule has 0 fully saturated rings. The normalized spacial score (nSPS) is 11.2. The van der Waals surface area contributed by atoms with Crippen molar-refractivity contribution in [1.82, 2.24) is 15.3 Å². The van der Waals surface area contributed by atoms with Gasteiger partial charge in [0, 0.05) is 42.5 Å². The van der Waals surface area contributed by atoms with Crippen LogP contribution in [-0.4, -0.2) is 41.0 Å². The number of ether oxygens (including phenoxy) is 2. The van der Waals surface area contributed by atoms with Crippen LogP contribution in [0.25, 0.3) is 0 Å². The number of hydrogen-bond acceptors (Lipinski definition) is 6. The maximum atomic E-state index is 12.5. The first kappa shape index (κ1) is 24.1. The zero-order chi connectivity index (χ0) is 23.0. The monoisotopic (exact) mass is 439 g/mol. The molecule has 2 aromatic heterocycles. The Labute approximate surface area is 178 Å². The highest BCUT2D eigenvalue weighted by atomic mass is 19.4. The fraction of sp³-hybridized carbons (Fsp3) is 0.429. The number of amides is 1. The summed E-state index contributed by atoms with van der Waals surface area (Å²) < 4.78 is 47.2. The van der Waals surface area contributed by atoms with Crippen LogP contribution in [0.3, 0.4) is 0 Å². The number of ketones is 1. The third kappa shape index (κ3) is 7.88. The summed E-state index contributed by atoms with van der Waals surface area (Å²) in [4.78, 5) is 32.4. The number of aryl methyl sites for hydroxylation is 1. The molecule has 0 saturated heterocycles. The van der Waals surface area contributed by atoms with Gasteiger partial charge in [-0.3, -0.25) is 14.6 Å². The second kappa shape index (κ2) is 10.7. The van der Waals surface area contributed by atoms with Gasteiger partial charge in [-0.15, -0.1) is 0 Å². The summed E-state index contributed by atoms with van der Waals surface area (Å²) in [5, 5.41) is 2.71. The van der Waals surface area contributed by atoms with Crippen molar-refractivity contribution in [2.45, 2.75) is 46.3 Å². The van der Waals surface area contributed by atoms with Gasteiger partial charge in [-0.2, -0.15) is 13.2 Å². The fourth-order valence-electron chi connectivity index (χ4n) is 2.66. The molecular formula is C21H24F3N3O4. The molecule has 0 saturated carbocycles. The predicted molar refractivity (Wildman–Crippen MR) is 106 cm³/mol. The lowest BCUT2D eigenvalue weighted by atomic mass is 10.1. The molecule has 168 valence electrons. The lowest BCUT2D eigenvalue weighted by Gasteiger charge is -2.14. The molecule has 0 radical (unpaired) electrons. The standard InChI is InChI=1S/C21H24F3N3O4/c1-4-17(28)9-16-8-15(6-13(3)27-16)19(29)25-10-14-7-18(30-5-2)20(26-11-14)31-12-21(22,23)24/h6-8,11H,4-5,9-10,12H2,1-3H3,(H,25,29). The van der Waals surface area contributed by atoms with Crippen LogP contribution in [0.15, 0.2) is 24.4 Å². The second-order valence-electron chi connectivity index (χ2n) is 6.72. The lowest BCUT2D eigenvalue weighted by Crippen LogP contribution is -2.24. The number of rotatable bonds is 10. The largest absolute Gasteiger partial charge is 0.488 e. The van der Waals surface area contributed by atoms with Gasteiger partial charge in [-0.25, -0.2) is 4.98 Å². The van der Waals surface area contributed by atoms with Gasteiger partial charge < -0.3 is 14.8 Å². The minimum atomic E-state index is -4.50. The molecule has 0 aliphatic heterocycles. The Balaban J connectivity index is 2.09. The summed E-state index contributed by atoms with van der Waals surface area (Å²) in [5.74, 6) is -0.583. The first-order chi connectivity index (χ1) is 14.6. The van der Waals surface area contributed by atoms with E-state index >= 15 is 0 Å². The molecule has 0 unspecified atom stereocenters. The average molecular weight is 439 g/mol. The molecule has 0 atom stereocenters. The van der Waals surface area contributed by atoms with E-state index in [0.717, 1.165) is 0 Å². The number of halogens is 3. The molecule has 0 aromatic carbocycles. The van der Waals surface area contributed by atoms with Gasteiger partial charge in [0.1, 0.15) is 5.78 Å². The molecule has 0 aliphatic rings. The number of alkyl halides is 3. The molecule has 31 heavy (non-hydrogen) atoms. The third-order valence-electron chi connectivity index (χ3n) is 4.04. The van der Waals surface area contributed by atoms with Gasteiger partial charge in [0.2, 0.25) is 0 Å². The predicted octanol–water partition coefficient (Wildman–Crippen LogP) is 3.58. The van der Waals surface area contributed by atoms with Crippen molar-refractivity contribution in [1.29, 1.82) is 0 Å². The van der Waals surface area contributed by atoms with E-state index < -0.39 is 12.8 Å². The molecule has 2 aromatic rings. The van der Waals surface area contributed by atoms with E-state index in [4.69, 9.17) is 4.74 Å². The van der Waals surface area contributed by atoms with Gasteiger partial charge in [0.25, 0.3) is 11.8 Å². The lowest BCUT2D eigenvalue weighted by molar-refractivity contribution is -0.154. The second-order valence-corrected chi connectivity index (χ2v) is 6.72. The first-order valence-electron chi connectivity index (χ1n) is 9.70. The summed E-state index contributed by atoms with van der Waals surface area (Å²) in [6.45, 7) is 3.95. The van der Waals surface area contributed by atoms with E-state index in [1.54, 1.807) is 32.9 Å². The van der Waals surface area contributed by atoms with Crippen molar-refractivity contribution < 1.29 is 32.2 Å². The Kier molecular flexibility index (Phi) is 8.35. The summed E-state index contributed by atoms with van der Waals surface area (Å²) in [6.07, 6.45) is -2.66. The number of nitrogens with one attached hydrogen (secondary N) is 1. The van der Waals surface area contributed by atoms with Crippen LogP contribution in [0.2, 0.25) is 0 Å². The molecule has 1 amide bonds. The number of Topliss-reactive ketones (excluding diaryl/α,β-unsaturated/α-hetero) is 1. The number of pyridine rings is 2. The van der Waals surface area contributed by atoms with E-state index in [2.05, 4.69) is 20.0 Å². The number of carbonyl (C=O) groups excluding carboxylic acids is 2. The quantitative estimate of drug-likeness (QED) is 0.609. The van der Waals surface area contributed by atoms with Crippen LogP contribution in [0.5, 0.6) is 11.6 Å². The van der Waals surface area contributed by atoms with Crippen LogP contribution in [0, 0.1) is 6.92 Å². The Bertz CT molecular complexity index is 933. The van der Waals surface area contributed by atoms with Crippen LogP contribution in [0.4, 0.5) is 13.2 Å². The van der Waals surface area contributed by atoms with E-state index in [1.807, 2.05) is 0 Å². The van der Waals surface area contributed by atoms with Crippen molar-refractivity contribution >= 4 is 11.7 Å². The average Bonchev–Trinajstić information content (AvgIpc) is 2.70. The van der Waals surface area contributed by atoms with Gasteiger partial charge >= 0.3 is 6.18 Å². The van der Waals surface area contributed by atoms with Crippen LogP contribution >= 0.6 is 0 Å². The molecule has 0 spiro atoms. The molecule has 0 bridgehead atoms. The smallest absolute Gasteiger partial charge is 0.422 e. The van der Waals surface area contributed by atoms with Gasteiger partial charge in [-0.05, 0) is 37.6 Å². The van der Waals surface area contributed by atoms with E-state index in [9.17, 15) is 22.8 Å². The molecule has 1 N–H and O–H groups in total. The molecule has 7 nitrogen and oxygen atoms in total. The zero-order valence-corrected chi connectivity index (χ0v) is 17.5. The molecular weight excluding hydrogens is 415 g/mol. The van der Waals surface area contributed by atoms with Gasteiger partial charge in [-0.1, -0.05) is 6.92 Å². The van der Waals surface area contributed by atoms with Crippen molar-refractivity contribution in [2.75, 3.05) is 13.2 Å². The Morgan fingerprint density at radius 1 is 1.13 bits per heavy atom. The van der Waals surface area contributed by atoms with Crippen LogP contribution in [-0.2, 0) is 17.8 Å². The Morgan fingerprint density at radius 3 is 2.52 bits per heavy atom. The summed E-state index contributed by atoms with van der Waals surface area (Å²) in [6, 6.07) is 4.63. The summed E-state index contributed by atoms with van der Waals surface area (Å²) in [5.41, 5.74) is 2.00. The highest BCUT2D eigenvalue weighted by Crippen LogP contribution is 2.27. The van der Waals surface area contributed by atoms with E-state index in [1.165, 1.54) is 12.3 Å². The van der Waals surface area contributed by atoms with Gasteiger partial charge in [0.05, 0.1) is 6.61 Å². The highest BCUT2D eigenvalue weighted by molar-refractivity contribution is 5.94. The minimum absolute atomic E-state index is 0.0202. The summed E-state index contributed by atoms with van der Waals surface area (Å²) in [7, 11) is 0.